The molecular formula is C15H20ClNO3. The summed E-state index contributed by atoms with van der Waals surface area (Å²) in [7, 11) is 0. The van der Waals surface area contributed by atoms with E-state index >= 15 is 0 Å². The molecule has 1 saturated heterocycles. The number of hydrogen-bond acceptors (Lipinski definition) is 3. The minimum atomic E-state index is -0.0475. The Morgan fingerprint density at radius 2 is 2.35 bits per heavy atom. The largest absolute Gasteiger partial charge is 0.493 e. The van der Waals surface area contributed by atoms with Crippen LogP contribution in [0.25, 0.3) is 0 Å². The third-order valence-corrected chi connectivity index (χ3v) is 4.01. The van der Waals surface area contributed by atoms with Crippen LogP contribution < -0.4 is 4.74 Å². The SMILES string of the molecule is CC1CCN(C(=O)CCOc2cccc(Cl)c2)C1CO. The van der Waals surface area contributed by atoms with Gasteiger partial charge in [0.05, 0.1) is 25.7 Å². The molecule has 1 aliphatic rings. The van der Waals surface area contributed by atoms with Gasteiger partial charge in [0.1, 0.15) is 5.75 Å². The van der Waals surface area contributed by atoms with Crippen LogP contribution in [0.15, 0.2) is 24.3 Å². The molecule has 0 aromatic heterocycles. The molecule has 5 heteroatoms. The monoisotopic (exact) mass is 297 g/mol. The predicted molar refractivity (Wildman–Crippen MR) is 77.9 cm³/mol. The van der Waals surface area contributed by atoms with Crippen LogP contribution in [0.2, 0.25) is 5.02 Å². The fourth-order valence-electron chi connectivity index (χ4n) is 2.55. The predicted octanol–water partition coefficient (Wildman–Crippen LogP) is 2.34. The van der Waals surface area contributed by atoms with Crippen molar-refractivity contribution < 1.29 is 14.6 Å². The highest BCUT2D eigenvalue weighted by molar-refractivity contribution is 6.30. The van der Waals surface area contributed by atoms with Crippen molar-refractivity contribution in [1.29, 1.82) is 0 Å². The average Bonchev–Trinajstić information content (AvgIpc) is 2.80. The van der Waals surface area contributed by atoms with Gasteiger partial charge in [-0.05, 0) is 30.5 Å². The van der Waals surface area contributed by atoms with Gasteiger partial charge in [-0.15, -0.1) is 0 Å². The first kappa shape index (κ1) is 15.1. The van der Waals surface area contributed by atoms with Crippen molar-refractivity contribution in [2.75, 3.05) is 19.8 Å². The van der Waals surface area contributed by atoms with Crippen LogP contribution in [-0.2, 0) is 4.79 Å². The molecule has 1 amide bonds. The summed E-state index contributed by atoms with van der Waals surface area (Å²) in [4.78, 5) is 13.9. The summed E-state index contributed by atoms with van der Waals surface area (Å²) < 4.78 is 5.52. The topological polar surface area (TPSA) is 49.8 Å². The van der Waals surface area contributed by atoms with Crippen LogP contribution in [0, 0.1) is 5.92 Å². The molecule has 1 heterocycles. The summed E-state index contributed by atoms with van der Waals surface area (Å²) in [5.41, 5.74) is 0. The van der Waals surface area contributed by atoms with Crippen LogP contribution in [-0.4, -0.2) is 41.7 Å². The molecule has 0 radical (unpaired) electrons. The van der Waals surface area contributed by atoms with Gasteiger partial charge >= 0.3 is 0 Å². The van der Waals surface area contributed by atoms with Crippen molar-refractivity contribution in [3.63, 3.8) is 0 Å². The number of rotatable bonds is 5. The molecule has 2 rings (SSSR count). The maximum atomic E-state index is 12.1. The Kier molecular flexibility index (Phi) is 5.26. The van der Waals surface area contributed by atoms with E-state index in [0.717, 1.165) is 13.0 Å². The average molecular weight is 298 g/mol. The van der Waals surface area contributed by atoms with E-state index in [4.69, 9.17) is 16.3 Å². The third kappa shape index (κ3) is 3.64. The number of halogens is 1. The van der Waals surface area contributed by atoms with Gasteiger partial charge in [0.25, 0.3) is 0 Å². The van der Waals surface area contributed by atoms with Crippen LogP contribution in [0.1, 0.15) is 19.8 Å². The van der Waals surface area contributed by atoms with Gasteiger partial charge in [-0.1, -0.05) is 24.6 Å². The normalized spacial score (nSPS) is 22.1. The van der Waals surface area contributed by atoms with Crippen molar-refractivity contribution in [2.24, 2.45) is 5.92 Å². The van der Waals surface area contributed by atoms with E-state index in [0.29, 0.717) is 29.7 Å². The highest BCUT2D eigenvalue weighted by Crippen LogP contribution is 2.24. The van der Waals surface area contributed by atoms with Crippen molar-refractivity contribution >= 4 is 17.5 Å². The molecule has 110 valence electrons. The molecule has 0 aliphatic carbocycles. The molecular weight excluding hydrogens is 278 g/mol. The molecule has 1 fully saturated rings. The van der Waals surface area contributed by atoms with Gasteiger partial charge in [-0.3, -0.25) is 4.79 Å². The van der Waals surface area contributed by atoms with E-state index in [1.165, 1.54) is 0 Å². The quantitative estimate of drug-likeness (QED) is 0.907. The third-order valence-electron chi connectivity index (χ3n) is 3.77. The fourth-order valence-corrected chi connectivity index (χ4v) is 2.73. The number of carbonyl (C=O) groups excluding carboxylic acids is 1. The minimum absolute atomic E-state index is 0.0298. The highest BCUT2D eigenvalue weighted by atomic mass is 35.5. The lowest BCUT2D eigenvalue weighted by molar-refractivity contribution is -0.133. The minimum Gasteiger partial charge on any atom is -0.493 e. The van der Waals surface area contributed by atoms with Gasteiger partial charge in [0, 0.05) is 11.6 Å². The van der Waals surface area contributed by atoms with E-state index in [1.54, 1.807) is 17.0 Å². The summed E-state index contributed by atoms with van der Waals surface area (Å²) in [6, 6.07) is 7.07. The zero-order chi connectivity index (χ0) is 14.5. The molecule has 4 nitrogen and oxygen atoms in total. The number of likely N-dealkylation sites (tertiary alicyclic amines) is 1. The number of benzene rings is 1. The lowest BCUT2D eigenvalue weighted by Gasteiger charge is -2.25. The number of ether oxygens (including phenoxy) is 1. The summed E-state index contributed by atoms with van der Waals surface area (Å²) in [6.07, 6.45) is 1.27. The number of aliphatic hydroxyl groups is 1. The lowest BCUT2D eigenvalue weighted by Crippen LogP contribution is -2.40. The second kappa shape index (κ2) is 6.95. The number of amides is 1. The molecule has 2 unspecified atom stereocenters. The van der Waals surface area contributed by atoms with Crippen molar-refractivity contribution in [3.8, 4) is 5.75 Å². The standard InChI is InChI=1S/C15H20ClNO3/c1-11-5-7-17(14(11)10-18)15(19)6-8-20-13-4-2-3-12(16)9-13/h2-4,9,11,14,18H,5-8,10H2,1H3. The first-order valence-electron chi connectivity index (χ1n) is 6.90. The second-order valence-corrected chi connectivity index (χ2v) is 5.60. The van der Waals surface area contributed by atoms with Crippen molar-refractivity contribution in [1.82, 2.24) is 4.90 Å². The van der Waals surface area contributed by atoms with E-state index in [2.05, 4.69) is 6.92 Å². The summed E-state index contributed by atoms with van der Waals surface area (Å²) in [5.74, 6) is 1.06. The fraction of sp³-hybridized carbons (Fsp3) is 0.533. The first-order chi connectivity index (χ1) is 9.61. The Morgan fingerprint density at radius 1 is 1.55 bits per heavy atom. The Balaban J connectivity index is 1.81. The highest BCUT2D eigenvalue weighted by Gasteiger charge is 2.33. The Morgan fingerprint density at radius 3 is 3.05 bits per heavy atom. The van der Waals surface area contributed by atoms with Gasteiger partial charge < -0.3 is 14.7 Å². The zero-order valence-corrected chi connectivity index (χ0v) is 12.3. The molecule has 1 N–H and O–H groups in total. The number of carbonyl (C=O) groups is 1. The van der Waals surface area contributed by atoms with Gasteiger partial charge in [-0.2, -0.15) is 0 Å². The molecule has 20 heavy (non-hydrogen) atoms. The van der Waals surface area contributed by atoms with Gasteiger partial charge in [0.15, 0.2) is 0 Å². The molecule has 0 spiro atoms. The maximum Gasteiger partial charge on any atom is 0.226 e. The zero-order valence-electron chi connectivity index (χ0n) is 11.6. The number of nitrogens with zero attached hydrogens (tertiary/aromatic N) is 1. The number of hydrogen-bond donors (Lipinski definition) is 1. The van der Waals surface area contributed by atoms with E-state index < -0.39 is 0 Å². The van der Waals surface area contributed by atoms with E-state index in [-0.39, 0.29) is 18.6 Å². The Hall–Kier alpha value is -1.26. The first-order valence-corrected chi connectivity index (χ1v) is 7.28. The lowest BCUT2D eigenvalue weighted by atomic mass is 10.0. The maximum absolute atomic E-state index is 12.1. The summed E-state index contributed by atoms with van der Waals surface area (Å²) >= 11 is 5.86. The molecule has 0 bridgehead atoms. The molecule has 1 aliphatic heterocycles. The van der Waals surface area contributed by atoms with Gasteiger partial charge in [0.2, 0.25) is 5.91 Å². The Bertz CT molecular complexity index is 466. The molecule has 1 aromatic rings. The second-order valence-electron chi connectivity index (χ2n) is 5.16. The van der Waals surface area contributed by atoms with E-state index in [1.807, 2.05) is 12.1 Å². The molecule has 2 atom stereocenters. The van der Waals surface area contributed by atoms with Crippen LogP contribution in [0.3, 0.4) is 0 Å². The van der Waals surface area contributed by atoms with Crippen molar-refractivity contribution in [3.05, 3.63) is 29.3 Å². The smallest absolute Gasteiger partial charge is 0.226 e. The van der Waals surface area contributed by atoms with Crippen molar-refractivity contribution in [2.45, 2.75) is 25.8 Å². The molecule has 1 aromatic carbocycles. The Labute approximate surface area is 124 Å². The van der Waals surface area contributed by atoms with E-state index in [9.17, 15) is 9.90 Å². The summed E-state index contributed by atoms with van der Waals surface area (Å²) in [6.45, 7) is 3.14. The van der Waals surface area contributed by atoms with Crippen LogP contribution in [0.5, 0.6) is 5.75 Å². The van der Waals surface area contributed by atoms with Crippen LogP contribution in [0.4, 0.5) is 0 Å². The number of aliphatic hydroxyl groups excluding tert-OH is 1. The van der Waals surface area contributed by atoms with Crippen LogP contribution >= 0.6 is 11.6 Å². The summed E-state index contributed by atoms with van der Waals surface area (Å²) in [5, 5.41) is 9.96. The molecule has 0 saturated carbocycles. The van der Waals surface area contributed by atoms with Gasteiger partial charge in [-0.25, -0.2) is 0 Å².